The molecule has 1 amide bonds. The maximum absolute atomic E-state index is 11.7. The van der Waals surface area contributed by atoms with Gasteiger partial charge in [-0.15, -0.1) is 11.3 Å². The van der Waals surface area contributed by atoms with Crippen molar-refractivity contribution in [3.63, 3.8) is 0 Å². The molecule has 0 fully saturated rings. The first kappa shape index (κ1) is 13.4. The van der Waals surface area contributed by atoms with Gasteiger partial charge in [0.05, 0.1) is 0 Å². The Morgan fingerprint density at radius 3 is 2.89 bits per heavy atom. The largest absolute Gasteiger partial charge is 0.444 e. The molecular weight excluding hydrogens is 246 g/mol. The zero-order valence-electron chi connectivity index (χ0n) is 11.5. The lowest BCUT2D eigenvalue weighted by Gasteiger charge is -2.26. The number of carbonyl (C=O) groups is 1. The van der Waals surface area contributed by atoms with Gasteiger partial charge in [-0.2, -0.15) is 0 Å². The van der Waals surface area contributed by atoms with Crippen LogP contribution < -0.4 is 5.32 Å². The van der Waals surface area contributed by atoms with E-state index >= 15 is 0 Å². The van der Waals surface area contributed by atoms with E-state index in [0.29, 0.717) is 0 Å². The van der Waals surface area contributed by atoms with Crippen LogP contribution in [0.3, 0.4) is 0 Å². The lowest BCUT2D eigenvalue weighted by Crippen LogP contribution is -2.41. The van der Waals surface area contributed by atoms with Crippen LogP contribution in [0.5, 0.6) is 0 Å². The zero-order chi connectivity index (χ0) is 13.3. The van der Waals surface area contributed by atoms with Gasteiger partial charge in [0, 0.05) is 10.9 Å². The number of amides is 1. The molecule has 0 radical (unpaired) electrons. The van der Waals surface area contributed by atoms with E-state index in [0.717, 1.165) is 19.3 Å². The van der Waals surface area contributed by atoms with Crippen LogP contribution >= 0.6 is 11.3 Å². The average Bonchev–Trinajstić information content (AvgIpc) is 2.57. The van der Waals surface area contributed by atoms with Crippen molar-refractivity contribution >= 4 is 17.4 Å². The Bertz CT molecular complexity index is 445. The van der Waals surface area contributed by atoms with Crippen molar-refractivity contribution in [3.8, 4) is 0 Å². The first-order valence-corrected chi connectivity index (χ1v) is 7.28. The van der Waals surface area contributed by atoms with Crippen molar-refractivity contribution < 1.29 is 9.53 Å². The molecule has 18 heavy (non-hydrogen) atoms. The highest BCUT2D eigenvalue weighted by atomic mass is 32.1. The van der Waals surface area contributed by atoms with Gasteiger partial charge >= 0.3 is 6.09 Å². The number of fused-ring (bicyclic) bond motifs is 1. The van der Waals surface area contributed by atoms with E-state index in [-0.39, 0.29) is 12.1 Å². The standard InChI is InChI=1S/C14H21NO2S/c1-9-8-18-12-6-5-10(7-11(9)12)15-13(16)17-14(2,3)4/h8,10H,5-7H2,1-4H3,(H,15,16). The minimum absolute atomic E-state index is 0.209. The summed E-state index contributed by atoms with van der Waals surface area (Å²) in [4.78, 5) is 13.2. The SMILES string of the molecule is Cc1csc2c1CC(NC(=O)OC(C)(C)C)CC2. The summed E-state index contributed by atoms with van der Waals surface area (Å²) in [5.41, 5.74) is 2.35. The van der Waals surface area contributed by atoms with Crippen molar-refractivity contribution in [3.05, 3.63) is 21.4 Å². The van der Waals surface area contributed by atoms with Crippen LogP contribution in [0, 0.1) is 6.92 Å². The molecule has 0 aromatic carbocycles. The van der Waals surface area contributed by atoms with E-state index in [4.69, 9.17) is 4.74 Å². The topological polar surface area (TPSA) is 38.3 Å². The van der Waals surface area contributed by atoms with Crippen LogP contribution in [0.1, 0.15) is 43.2 Å². The summed E-state index contributed by atoms with van der Waals surface area (Å²) < 4.78 is 5.29. The van der Waals surface area contributed by atoms with Crippen molar-refractivity contribution in [1.82, 2.24) is 5.32 Å². The molecule has 3 nitrogen and oxygen atoms in total. The number of hydrogen-bond acceptors (Lipinski definition) is 3. The summed E-state index contributed by atoms with van der Waals surface area (Å²) in [6.07, 6.45) is 2.70. The Balaban J connectivity index is 1.94. The molecule has 1 aliphatic rings. The van der Waals surface area contributed by atoms with Gasteiger partial charge in [-0.05, 0) is 63.5 Å². The molecule has 1 aliphatic carbocycles. The highest BCUT2D eigenvalue weighted by Gasteiger charge is 2.24. The fourth-order valence-electron chi connectivity index (χ4n) is 2.26. The molecule has 1 N–H and O–H groups in total. The molecule has 2 rings (SSSR count). The molecule has 1 aromatic rings. The van der Waals surface area contributed by atoms with Crippen LogP contribution in [0.4, 0.5) is 4.79 Å². The number of hydrogen-bond donors (Lipinski definition) is 1. The third-order valence-corrected chi connectivity index (χ3v) is 4.29. The fourth-order valence-corrected chi connectivity index (χ4v) is 3.34. The Labute approximate surface area is 113 Å². The zero-order valence-corrected chi connectivity index (χ0v) is 12.3. The Hall–Kier alpha value is -1.03. The van der Waals surface area contributed by atoms with E-state index in [1.807, 2.05) is 32.1 Å². The molecule has 0 aliphatic heterocycles. The van der Waals surface area contributed by atoms with E-state index in [9.17, 15) is 4.79 Å². The summed E-state index contributed by atoms with van der Waals surface area (Å²) in [5.74, 6) is 0. The summed E-state index contributed by atoms with van der Waals surface area (Å²) in [5, 5.41) is 5.19. The molecule has 0 saturated heterocycles. The quantitative estimate of drug-likeness (QED) is 0.846. The number of ether oxygens (including phenoxy) is 1. The van der Waals surface area contributed by atoms with Crippen LogP contribution in [-0.4, -0.2) is 17.7 Å². The van der Waals surface area contributed by atoms with E-state index in [2.05, 4.69) is 17.6 Å². The van der Waals surface area contributed by atoms with E-state index < -0.39 is 5.60 Å². The van der Waals surface area contributed by atoms with Crippen molar-refractivity contribution in [1.29, 1.82) is 0 Å². The minimum atomic E-state index is -0.428. The van der Waals surface area contributed by atoms with E-state index in [1.54, 1.807) is 0 Å². The maximum atomic E-state index is 11.7. The van der Waals surface area contributed by atoms with Crippen LogP contribution in [0.25, 0.3) is 0 Å². The number of carbonyl (C=O) groups excluding carboxylic acids is 1. The first-order valence-electron chi connectivity index (χ1n) is 6.40. The normalized spacial score (nSPS) is 19.2. The molecule has 1 unspecified atom stereocenters. The smallest absolute Gasteiger partial charge is 0.407 e. The van der Waals surface area contributed by atoms with Gasteiger partial charge in [-0.3, -0.25) is 0 Å². The third-order valence-electron chi connectivity index (χ3n) is 3.08. The Morgan fingerprint density at radius 1 is 1.50 bits per heavy atom. The molecule has 1 heterocycles. The van der Waals surface area contributed by atoms with Crippen LogP contribution in [-0.2, 0) is 17.6 Å². The molecule has 100 valence electrons. The van der Waals surface area contributed by atoms with E-state index in [1.165, 1.54) is 16.0 Å². The Morgan fingerprint density at radius 2 is 2.22 bits per heavy atom. The maximum Gasteiger partial charge on any atom is 0.407 e. The Kier molecular flexibility index (Phi) is 3.66. The monoisotopic (exact) mass is 267 g/mol. The molecular formula is C14H21NO2S. The minimum Gasteiger partial charge on any atom is -0.444 e. The number of alkyl carbamates (subject to hydrolysis) is 1. The molecule has 0 saturated carbocycles. The predicted octanol–water partition coefficient (Wildman–Crippen LogP) is 3.44. The number of nitrogens with one attached hydrogen (secondary N) is 1. The third kappa shape index (κ3) is 3.25. The fraction of sp³-hybridized carbons (Fsp3) is 0.643. The predicted molar refractivity (Wildman–Crippen MR) is 74.2 cm³/mol. The molecule has 0 bridgehead atoms. The van der Waals surface area contributed by atoms with Gasteiger partial charge in [0.25, 0.3) is 0 Å². The van der Waals surface area contributed by atoms with Crippen LogP contribution in [0.2, 0.25) is 0 Å². The summed E-state index contributed by atoms with van der Waals surface area (Å²) in [6, 6.07) is 0.209. The summed E-state index contributed by atoms with van der Waals surface area (Å²) in [7, 11) is 0. The highest BCUT2D eigenvalue weighted by Crippen LogP contribution is 2.29. The summed E-state index contributed by atoms with van der Waals surface area (Å²) >= 11 is 1.84. The summed E-state index contributed by atoms with van der Waals surface area (Å²) in [6.45, 7) is 7.79. The first-order chi connectivity index (χ1) is 8.35. The van der Waals surface area contributed by atoms with Crippen LogP contribution in [0.15, 0.2) is 5.38 Å². The molecule has 0 spiro atoms. The van der Waals surface area contributed by atoms with Gasteiger partial charge in [-0.25, -0.2) is 4.79 Å². The lowest BCUT2D eigenvalue weighted by atomic mass is 9.92. The van der Waals surface area contributed by atoms with Crippen molar-refractivity contribution in [2.45, 2.75) is 58.6 Å². The second-order valence-corrected chi connectivity index (χ2v) is 6.87. The van der Waals surface area contributed by atoms with Gasteiger partial charge < -0.3 is 10.1 Å². The van der Waals surface area contributed by atoms with Crippen molar-refractivity contribution in [2.24, 2.45) is 0 Å². The van der Waals surface area contributed by atoms with Gasteiger partial charge in [0.15, 0.2) is 0 Å². The second kappa shape index (κ2) is 4.92. The molecule has 1 aromatic heterocycles. The van der Waals surface area contributed by atoms with Crippen molar-refractivity contribution in [2.75, 3.05) is 0 Å². The number of aryl methyl sites for hydroxylation is 2. The highest BCUT2D eigenvalue weighted by molar-refractivity contribution is 7.10. The average molecular weight is 267 g/mol. The van der Waals surface area contributed by atoms with Gasteiger partial charge in [0.2, 0.25) is 0 Å². The van der Waals surface area contributed by atoms with Gasteiger partial charge in [0.1, 0.15) is 5.60 Å². The number of rotatable bonds is 1. The lowest BCUT2D eigenvalue weighted by molar-refractivity contribution is 0.0500. The molecule has 1 atom stereocenters. The number of thiophene rings is 1. The second-order valence-electron chi connectivity index (χ2n) is 5.91. The van der Waals surface area contributed by atoms with Gasteiger partial charge in [-0.1, -0.05) is 0 Å². The molecule has 4 heteroatoms.